The molecular formula is C8H15NO4. The highest BCUT2D eigenvalue weighted by Crippen LogP contribution is 2.21. The topological polar surface area (TPSA) is 70.0 Å². The van der Waals surface area contributed by atoms with E-state index in [-0.39, 0.29) is 12.1 Å². The SMILES string of the molecule is C[C@@H]1C[C@H](N(C)C(=O)O)C[C@H](O)O1. The number of aliphatic hydroxyl groups is 1. The summed E-state index contributed by atoms with van der Waals surface area (Å²) in [4.78, 5) is 11.8. The van der Waals surface area contributed by atoms with Crippen molar-refractivity contribution in [2.45, 2.75) is 38.2 Å². The van der Waals surface area contributed by atoms with Crippen LogP contribution in [0.3, 0.4) is 0 Å². The van der Waals surface area contributed by atoms with Crippen molar-refractivity contribution in [2.24, 2.45) is 0 Å². The molecule has 5 heteroatoms. The van der Waals surface area contributed by atoms with Gasteiger partial charge in [0.25, 0.3) is 0 Å². The molecule has 1 aliphatic heterocycles. The maximum atomic E-state index is 10.6. The molecule has 1 aliphatic rings. The van der Waals surface area contributed by atoms with Crippen molar-refractivity contribution >= 4 is 6.09 Å². The second kappa shape index (κ2) is 3.93. The Bertz CT molecular complexity index is 187. The lowest BCUT2D eigenvalue weighted by Crippen LogP contribution is -2.45. The number of aliphatic hydroxyl groups excluding tert-OH is 1. The monoisotopic (exact) mass is 189 g/mol. The van der Waals surface area contributed by atoms with E-state index in [1.807, 2.05) is 6.92 Å². The van der Waals surface area contributed by atoms with Crippen LogP contribution in [0, 0.1) is 0 Å². The predicted octanol–water partition coefficient (Wildman–Crippen LogP) is 0.482. The van der Waals surface area contributed by atoms with Crippen LogP contribution in [-0.2, 0) is 4.74 Å². The van der Waals surface area contributed by atoms with Gasteiger partial charge in [-0.15, -0.1) is 0 Å². The number of ether oxygens (including phenoxy) is 1. The van der Waals surface area contributed by atoms with Crippen LogP contribution in [0.1, 0.15) is 19.8 Å². The van der Waals surface area contributed by atoms with Gasteiger partial charge in [-0.3, -0.25) is 0 Å². The van der Waals surface area contributed by atoms with E-state index in [2.05, 4.69) is 0 Å². The van der Waals surface area contributed by atoms with Gasteiger partial charge in [0.2, 0.25) is 0 Å². The first-order chi connectivity index (χ1) is 6.00. The second-order valence-corrected chi connectivity index (χ2v) is 3.42. The van der Waals surface area contributed by atoms with Crippen molar-refractivity contribution in [3.05, 3.63) is 0 Å². The normalized spacial score (nSPS) is 34.2. The van der Waals surface area contributed by atoms with Gasteiger partial charge in [0.1, 0.15) is 0 Å². The van der Waals surface area contributed by atoms with Crippen LogP contribution in [0.15, 0.2) is 0 Å². The molecule has 0 saturated carbocycles. The van der Waals surface area contributed by atoms with Gasteiger partial charge < -0.3 is 19.8 Å². The van der Waals surface area contributed by atoms with E-state index in [9.17, 15) is 9.90 Å². The quantitative estimate of drug-likeness (QED) is 0.629. The van der Waals surface area contributed by atoms with Crippen LogP contribution in [0.25, 0.3) is 0 Å². The molecule has 0 aliphatic carbocycles. The van der Waals surface area contributed by atoms with E-state index < -0.39 is 12.4 Å². The molecule has 0 radical (unpaired) electrons. The van der Waals surface area contributed by atoms with Gasteiger partial charge in [0, 0.05) is 19.5 Å². The van der Waals surface area contributed by atoms with Gasteiger partial charge in [0.05, 0.1) is 6.10 Å². The number of hydrogen-bond acceptors (Lipinski definition) is 3. The van der Waals surface area contributed by atoms with Crippen LogP contribution < -0.4 is 0 Å². The van der Waals surface area contributed by atoms with E-state index in [0.717, 1.165) is 0 Å². The standard InChI is InChI=1S/C8H15NO4/c1-5-3-6(4-7(10)13-5)9(2)8(11)12/h5-7,10H,3-4H2,1-2H3,(H,11,12)/t5-,6+,7-/m1/s1. The molecule has 0 aromatic heterocycles. The van der Waals surface area contributed by atoms with Gasteiger partial charge in [-0.2, -0.15) is 0 Å². The van der Waals surface area contributed by atoms with Crippen LogP contribution in [-0.4, -0.2) is 46.7 Å². The average Bonchev–Trinajstić information content (AvgIpc) is 2.01. The summed E-state index contributed by atoms with van der Waals surface area (Å²) in [6.45, 7) is 1.82. The summed E-state index contributed by atoms with van der Waals surface area (Å²) in [5.74, 6) is 0. The minimum Gasteiger partial charge on any atom is -0.465 e. The Morgan fingerprint density at radius 3 is 2.62 bits per heavy atom. The molecular weight excluding hydrogens is 174 g/mol. The Labute approximate surface area is 76.9 Å². The summed E-state index contributed by atoms with van der Waals surface area (Å²) in [5, 5.41) is 17.9. The van der Waals surface area contributed by atoms with Crippen molar-refractivity contribution in [3.8, 4) is 0 Å². The molecule has 3 atom stereocenters. The van der Waals surface area contributed by atoms with Crippen molar-refractivity contribution in [3.63, 3.8) is 0 Å². The maximum absolute atomic E-state index is 10.6. The lowest BCUT2D eigenvalue weighted by Gasteiger charge is -2.35. The fourth-order valence-corrected chi connectivity index (χ4v) is 1.56. The fraction of sp³-hybridized carbons (Fsp3) is 0.875. The molecule has 5 nitrogen and oxygen atoms in total. The van der Waals surface area contributed by atoms with Crippen molar-refractivity contribution < 1.29 is 19.7 Å². The van der Waals surface area contributed by atoms with Crippen LogP contribution >= 0.6 is 0 Å². The number of hydrogen-bond donors (Lipinski definition) is 2. The Kier molecular flexibility index (Phi) is 3.11. The molecule has 1 heterocycles. The lowest BCUT2D eigenvalue weighted by atomic mass is 10.0. The Morgan fingerprint density at radius 1 is 1.54 bits per heavy atom. The molecule has 0 unspecified atom stereocenters. The average molecular weight is 189 g/mol. The van der Waals surface area contributed by atoms with Crippen LogP contribution in [0.2, 0.25) is 0 Å². The highest BCUT2D eigenvalue weighted by atomic mass is 16.6. The zero-order valence-corrected chi connectivity index (χ0v) is 7.80. The first kappa shape index (κ1) is 10.3. The molecule has 0 aromatic carbocycles. The maximum Gasteiger partial charge on any atom is 0.407 e. The van der Waals surface area contributed by atoms with Crippen LogP contribution in [0.4, 0.5) is 4.79 Å². The summed E-state index contributed by atoms with van der Waals surface area (Å²) in [6.07, 6.45) is -0.898. The summed E-state index contributed by atoms with van der Waals surface area (Å²) < 4.78 is 5.08. The third-order valence-corrected chi connectivity index (χ3v) is 2.32. The fourth-order valence-electron chi connectivity index (χ4n) is 1.56. The molecule has 1 amide bonds. The number of carboxylic acid groups (broad SMARTS) is 1. The largest absolute Gasteiger partial charge is 0.465 e. The molecule has 1 rings (SSSR count). The van der Waals surface area contributed by atoms with Gasteiger partial charge in [0.15, 0.2) is 6.29 Å². The molecule has 2 N–H and O–H groups in total. The molecule has 76 valence electrons. The third-order valence-electron chi connectivity index (χ3n) is 2.32. The van der Waals surface area contributed by atoms with E-state index in [1.54, 1.807) is 0 Å². The smallest absolute Gasteiger partial charge is 0.407 e. The third kappa shape index (κ3) is 2.57. The minimum atomic E-state index is -0.966. The molecule has 0 aromatic rings. The van der Waals surface area contributed by atoms with Gasteiger partial charge in [-0.25, -0.2) is 4.79 Å². The highest BCUT2D eigenvalue weighted by molar-refractivity contribution is 5.64. The first-order valence-corrected chi connectivity index (χ1v) is 4.30. The number of rotatable bonds is 1. The van der Waals surface area contributed by atoms with E-state index in [4.69, 9.17) is 9.84 Å². The number of nitrogens with zero attached hydrogens (tertiary/aromatic N) is 1. The molecule has 1 fully saturated rings. The number of amides is 1. The van der Waals surface area contributed by atoms with Gasteiger partial charge in [-0.1, -0.05) is 0 Å². The predicted molar refractivity (Wildman–Crippen MR) is 45.4 cm³/mol. The van der Waals surface area contributed by atoms with Gasteiger partial charge in [-0.05, 0) is 13.3 Å². The molecule has 0 bridgehead atoms. The van der Waals surface area contributed by atoms with Gasteiger partial charge >= 0.3 is 6.09 Å². The molecule has 0 spiro atoms. The number of carbonyl (C=O) groups is 1. The molecule has 1 saturated heterocycles. The highest BCUT2D eigenvalue weighted by Gasteiger charge is 2.30. The van der Waals surface area contributed by atoms with Crippen molar-refractivity contribution in [1.82, 2.24) is 4.90 Å². The zero-order chi connectivity index (χ0) is 10.0. The Hall–Kier alpha value is -0.810. The van der Waals surface area contributed by atoms with E-state index in [1.165, 1.54) is 11.9 Å². The minimum absolute atomic E-state index is 0.0875. The van der Waals surface area contributed by atoms with E-state index in [0.29, 0.717) is 12.8 Å². The Morgan fingerprint density at radius 2 is 2.15 bits per heavy atom. The Balaban J connectivity index is 2.54. The lowest BCUT2D eigenvalue weighted by molar-refractivity contribution is -0.171. The second-order valence-electron chi connectivity index (χ2n) is 3.42. The summed E-state index contributed by atoms with van der Waals surface area (Å²) in [6, 6.07) is -0.142. The van der Waals surface area contributed by atoms with Crippen LogP contribution in [0.5, 0.6) is 0 Å². The summed E-state index contributed by atoms with van der Waals surface area (Å²) >= 11 is 0. The first-order valence-electron chi connectivity index (χ1n) is 4.30. The zero-order valence-electron chi connectivity index (χ0n) is 7.80. The summed E-state index contributed by atoms with van der Waals surface area (Å²) in [5.41, 5.74) is 0. The molecule has 13 heavy (non-hydrogen) atoms. The van der Waals surface area contributed by atoms with E-state index >= 15 is 0 Å². The summed E-state index contributed by atoms with van der Waals surface area (Å²) in [7, 11) is 1.51. The van der Waals surface area contributed by atoms with Crippen molar-refractivity contribution in [2.75, 3.05) is 7.05 Å². The van der Waals surface area contributed by atoms with Crippen molar-refractivity contribution in [1.29, 1.82) is 0 Å².